The summed E-state index contributed by atoms with van der Waals surface area (Å²) in [4.78, 5) is 3.21. The van der Waals surface area contributed by atoms with E-state index in [4.69, 9.17) is 0 Å². The standard InChI is InChI=1S/C9H8F5NO/c1-4-5(9(12,13)14)3-6(16-2)7(15-4)8(10)11/h3,8H,1-2H3. The highest BCUT2D eigenvalue weighted by atomic mass is 19.4. The number of alkyl halides is 5. The molecular formula is C9H8F5NO. The second-order valence-corrected chi connectivity index (χ2v) is 3.01. The number of rotatable bonds is 2. The summed E-state index contributed by atoms with van der Waals surface area (Å²) in [5.74, 6) is -0.562. The maximum Gasteiger partial charge on any atom is 0.418 e. The molecule has 0 bridgehead atoms. The molecule has 0 saturated heterocycles. The Balaban J connectivity index is 3.37. The minimum Gasteiger partial charge on any atom is -0.495 e. The molecule has 0 saturated carbocycles. The maximum atomic E-state index is 12.4. The summed E-state index contributed by atoms with van der Waals surface area (Å²) in [6.07, 6.45) is -7.61. The molecule has 16 heavy (non-hydrogen) atoms. The van der Waals surface area contributed by atoms with Gasteiger partial charge >= 0.3 is 6.18 Å². The fraction of sp³-hybridized carbons (Fsp3) is 0.444. The summed E-state index contributed by atoms with van der Waals surface area (Å²) in [6, 6.07) is 0.532. The van der Waals surface area contributed by atoms with E-state index >= 15 is 0 Å². The number of ether oxygens (including phenoxy) is 1. The molecule has 7 heteroatoms. The average Bonchev–Trinajstić information content (AvgIpc) is 2.15. The first-order valence-corrected chi connectivity index (χ1v) is 4.18. The highest BCUT2D eigenvalue weighted by molar-refractivity contribution is 5.37. The maximum absolute atomic E-state index is 12.4. The van der Waals surface area contributed by atoms with Gasteiger partial charge in [0.1, 0.15) is 11.4 Å². The monoisotopic (exact) mass is 241 g/mol. The van der Waals surface area contributed by atoms with Crippen molar-refractivity contribution in [1.29, 1.82) is 0 Å². The lowest BCUT2D eigenvalue weighted by atomic mass is 10.1. The van der Waals surface area contributed by atoms with Crippen molar-refractivity contribution in [3.8, 4) is 5.75 Å². The van der Waals surface area contributed by atoms with Gasteiger partial charge in [0.2, 0.25) is 0 Å². The van der Waals surface area contributed by atoms with Gasteiger partial charge in [-0.15, -0.1) is 0 Å². The van der Waals surface area contributed by atoms with Gasteiger partial charge in [-0.3, -0.25) is 0 Å². The van der Waals surface area contributed by atoms with Crippen molar-refractivity contribution in [1.82, 2.24) is 4.98 Å². The van der Waals surface area contributed by atoms with E-state index in [1.54, 1.807) is 0 Å². The highest BCUT2D eigenvalue weighted by Gasteiger charge is 2.35. The van der Waals surface area contributed by atoms with Crippen LogP contribution in [0.1, 0.15) is 23.4 Å². The van der Waals surface area contributed by atoms with Gasteiger partial charge in [0.15, 0.2) is 0 Å². The van der Waals surface area contributed by atoms with Crippen molar-refractivity contribution in [3.63, 3.8) is 0 Å². The predicted molar refractivity (Wildman–Crippen MR) is 45.5 cm³/mol. The molecule has 0 aliphatic heterocycles. The Morgan fingerprint density at radius 3 is 2.25 bits per heavy atom. The van der Waals surface area contributed by atoms with E-state index in [-0.39, 0.29) is 0 Å². The van der Waals surface area contributed by atoms with Gasteiger partial charge < -0.3 is 4.74 Å². The van der Waals surface area contributed by atoms with E-state index in [2.05, 4.69) is 9.72 Å². The summed E-state index contributed by atoms with van der Waals surface area (Å²) >= 11 is 0. The SMILES string of the molecule is COc1cc(C(F)(F)F)c(C)nc1C(F)F. The number of methoxy groups -OCH3 is 1. The van der Waals surface area contributed by atoms with Gasteiger partial charge in [-0.2, -0.15) is 13.2 Å². The Morgan fingerprint density at radius 1 is 1.31 bits per heavy atom. The fourth-order valence-electron chi connectivity index (χ4n) is 1.21. The molecule has 1 rings (SSSR count). The van der Waals surface area contributed by atoms with Gasteiger partial charge in [-0.1, -0.05) is 0 Å². The van der Waals surface area contributed by atoms with Crippen LogP contribution in [0.15, 0.2) is 6.07 Å². The average molecular weight is 241 g/mol. The van der Waals surface area contributed by atoms with Crippen molar-refractivity contribution in [2.24, 2.45) is 0 Å². The first-order valence-electron chi connectivity index (χ1n) is 4.18. The predicted octanol–water partition coefficient (Wildman–Crippen LogP) is 3.36. The van der Waals surface area contributed by atoms with E-state index in [1.165, 1.54) is 0 Å². The van der Waals surface area contributed by atoms with Crippen LogP contribution in [0, 0.1) is 6.92 Å². The van der Waals surface area contributed by atoms with Crippen LogP contribution >= 0.6 is 0 Å². The Hall–Kier alpha value is -1.40. The van der Waals surface area contributed by atoms with Crippen LogP contribution in [0.3, 0.4) is 0 Å². The zero-order valence-electron chi connectivity index (χ0n) is 8.40. The third-order valence-corrected chi connectivity index (χ3v) is 1.94. The van der Waals surface area contributed by atoms with Crippen molar-refractivity contribution in [2.75, 3.05) is 7.11 Å². The molecule has 1 aromatic heterocycles. The smallest absolute Gasteiger partial charge is 0.418 e. The Labute approximate surface area is 88.1 Å². The third-order valence-electron chi connectivity index (χ3n) is 1.94. The van der Waals surface area contributed by atoms with Gasteiger partial charge in [0.05, 0.1) is 18.4 Å². The van der Waals surface area contributed by atoms with Crippen molar-refractivity contribution in [3.05, 3.63) is 23.0 Å². The molecule has 0 amide bonds. The zero-order valence-corrected chi connectivity index (χ0v) is 8.40. The van der Waals surface area contributed by atoms with E-state index in [1.807, 2.05) is 0 Å². The topological polar surface area (TPSA) is 22.1 Å². The largest absolute Gasteiger partial charge is 0.495 e. The number of aromatic nitrogens is 1. The van der Waals surface area contributed by atoms with E-state index in [0.717, 1.165) is 14.0 Å². The van der Waals surface area contributed by atoms with Crippen LogP contribution in [-0.2, 0) is 6.18 Å². The van der Waals surface area contributed by atoms with Gasteiger partial charge in [0, 0.05) is 0 Å². The van der Waals surface area contributed by atoms with Gasteiger partial charge in [-0.25, -0.2) is 13.8 Å². The molecule has 90 valence electrons. The fourth-order valence-corrected chi connectivity index (χ4v) is 1.21. The van der Waals surface area contributed by atoms with E-state index in [0.29, 0.717) is 6.07 Å². The summed E-state index contributed by atoms with van der Waals surface area (Å²) in [5, 5.41) is 0. The molecule has 0 N–H and O–H groups in total. The number of hydrogen-bond acceptors (Lipinski definition) is 2. The quantitative estimate of drug-likeness (QED) is 0.740. The lowest BCUT2D eigenvalue weighted by molar-refractivity contribution is -0.138. The summed E-state index contributed by atoms with van der Waals surface area (Å²) < 4.78 is 66.5. The van der Waals surface area contributed by atoms with Crippen LogP contribution in [0.2, 0.25) is 0 Å². The van der Waals surface area contributed by atoms with Crippen LogP contribution in [0.25, 0.3) is 0 Å². The number of nitrogens with zero attached hydrogens (tertiary/aromatic N) is 1. The molecule has 0 unspecified atom stereocenters. The van der Waals surface area contributed by atoms with Crippen molar-refractivity contribution >= 4 is 0 Å². The normalized spacial score (nSPS) is 12.0. The van der Waals surface area contributed by atoms with Gasteiger partial charge in [-0.05, 0) is 13.0 Å². The third kappa shape index (κ3) is 2.40. The van der Waals surface area contributed by atoms with Crippen molar-refractivity contribution in [2.45, 2.75) is 19.5 Å². The minimum absolute atomic E-state index is 0.497. The van der Waals surface area contributed by atoms with Crippen molar-refractivity contribution < 1.29 is 26.7 Å². The molecule has 0 aliphatic carbocycles. The molecule has 0 aromatic carbocycles. The lowest BCUT2D eigenvalue weighted by Gasteiger charge is -2.14. The van der Waals surface area contributed by atoms with E-state index < -0.39 is 35.3 Å². The number of pyridine rings is 1. The first-order chi connectivity index (χ1) is 7.27. The second kappa shape index (κ2) is 4.23. The van der Waals surface area contributed by atoms with Crippen LogP contribution < -0.4 is 4.74 Å². The number of aryl methyl sites for hydroxylation is 1. The Kier molecular flexibility index (Phi) is 3.35. The number of halogens is 5. The van der Waals surface area contributed by atoms with Gasteiger partial charge in [0.25, 0.3) is 6.43 Å². The Morgan fingerprint density at radius 2 is 1.88 bits per heavy atom. The summed E-state index contributed by atoms with van der Waals surface area (Å²) in [5.41, 5.74) is -2.36. The Bertz CT molecular complexity index is 388. The molecule has 0 spiro atoms. The van der Waals surface area contributed by atoms with Crippen LogP contribution in [0.5, 0.6) is 5.75 Å². The summed E-state index contributed by atoms with van der Waals surface area (Å²) in [6.45, 7) is 1.02. The zero-order chi connectivity index (χ0) is 12.5. The summed E-state index contributed by atoms with van der Waals surface area (Å²) in [7, 11) is 1.01. The molecule has 2 nitrogen and oxygen atoms in total. The first kappa shape index (κ1) is 12.7. The molecule has 0 atom stereocenters. The molecule has 0 radical (unpaired) electrons. The molecule has 0 aliphatic rings. The molecule has 0 fully saturated rings. The highest BCUT2D eigenvalue weighted by Crippen LogP contribution is 2.36. The number of hydrogen-bond donors (Lipinski definition) is 0. The lowest BCUT2D eigenvalue weighted by Crippen LogP contribution is -2.11. The van der Waals surface area contributed by atoms with E-state index in [9.17, 15) is 22.0 Å². The molecular weight excluding hydrogens is 233 g/mol. The molecule has 1 aromatic rings. The molecule has 1 heterocycles. The second-order valence-electron chi connectivity index (χ2n) is 3.01. The van der Waals surface area contributed by atoms with Crippen LogP contribution in [-0.4, -0.2) is 12.1 Å². The minimum atomic E-state index is -4.63. The van der Waals surface area contributed by atoms with Crippen LogP contribution in [0.4, 0.5) is 22.0 Å².